The van der Waals surface area contributed by atoms with Gasteiger partial charge in [0.1, 0.15) is 0 Å². The van der Waals surface area contributed by atoms with Gasteiger partial charge in [0.25, 0.3) is 0 Å². The van der Waals surface area contributed by atoms with Gasteiger partial charge in [-0.25, -0.2) is 4.98 Å². The number of amides is 1. The second-order valence-corrected chi connectivity index (χ2v) is 7.44. The number of H-pyrrole nitrogens is 1. The van der Waals surface area contributed by atoms with Gasteiger partial charge >= 0.3 is 0 Å². The van der Waals surface area contributed by atoms with Crippen molar-refractivity contribution < 1.29 is 4.79 Å². The predicted octanol–water partition coefficient (Wildman–Crippen LogP) is 4.41. The highest BCUT2D eigenvalue weighted by Gasteiger charge is 2.27. The molecule has 5 nitrogen and oxygen atoms in total. The van der Waals surface area contributed by atoms with E-state index in [1.54, 1.807) is 0 Å². The number of rotatable bonds is 5. The molecule has 0 aliphatic heterocycles. The minimum absolute atomic E-state index is 0.0464. The second kappa shape index (κ2) is 7.82. The number of aromatic amines is 1. The van der Waals surface area contributed by atoms with Crippen LogP contribution in [0.15, 0.2) is 54.6 Å². The fourth-order valence-electron chi connectivity index (χ4n) is 3.87. The van der Waals surface area contributed by atoms with E-state index in [-0.39, 0.29) is 17.9 Å². The van der Waals surface area contributed by atoms with Crippen molar-refractivity contribution in [1.29, 1.82) is 0 Å². The number of anilines is 1. The first-order chi connectivity index (χ1) is 13.2. The number of carbonyl (C=O) groups is 1. The van der Waals surface area contributed by atoms with Crippen molar-refractivity contribution in [3.05, 3.63) is 60.2 Å². The van der Waals surface area contributed by atoms with Crippen molar-refractivity contribution >= 4 is 22.9 Å². The van der Waals surface area contributed by atoms with Crippen molar-refractivity contribution in [3.8, 4) is 0 Å². The molecule has 1 atom stereocenters. The summed E-state index contributed by atoms with van der Waals surface area (Å²) >= 11 is 0. The topological polar surface area (TPSA) is 69.8 Å². The summed E-state index contributed by atoms with van der Waals surface area (Å²) < 4.78 is 0. The van der Waals surface area contributed by atoms with Crippen LogP contribution in [-0.2, 0) is 4.79 Å². The Morgan fingerprint density at radius 1 is 1.04 bits per heavy atom. The molecule has 4 rings (SSSR count). The summed E-state index contributed by atoms with van der Waals surface area (Å²) in [5.41, 5.74) is 3.16. The highest BCUT2D eigenvalue weighted by Crippen LogP contribution is 2.27. The standard InChI is InChI=1S/C22H26N4O/c1-15(16-7-3-2-4-8-16)23-21(27)17-11-13-18(14-12-17)24-22-25-19-9-5-6-10-20(19)26-22/h2-10,15,17-18H,11-14H2,1H3,(H,23,27)(H2,24,25,26). The predicted molar refractivity (Wildman–Crippen MR) is 108 cm³/mol. The molecule has 1 amide bonds. The maximum Gasteiger partial charge on any atom is 0.223 e. The molecule has 1 aromatic heterocycles. The zero-order valence-electron chi connectivity index (χ0n) is 15.6. The van der Waals surface area contributed by atoms with Crippen LogP contribution in [-0.4, -0.2) is 21.9 Å². The molecule has 1 fully saturated rings. The molecule has 2 aromatic carbocycles. The fourth-order valence-corrected chi connectivity index (χ4v) is 3.87. The van der Waals surface area contributed by atoms with E-state index in [1.807, 2.05) is 49.4 Å². The molecule has 0 saturated heterocycles. The summed E-state index contributed by atoms with van der Waals surface area (Å²) in [4.78, 5) is 20.5. The van der Waals surface area contributed by atoms with Crippen LogP contribution in [0.1, 0.15) is 44.2 Å². The number of para-hydroxylation sites is 2. The third-order valence-electron chi connectivity index (χ3n) is 5.49. The van der Waals surface area contributed by atoms with Crippen LogP contribution >= 0.6 is 0 Å². The minimum atomic E-state index is 0.0464. The van der Waals surface area contributed by atoms with Gasteiger partial charge in [-0.3, -0.25) is 4.79 Å². The SMILES string of the molecule is CC(NC(=O)C1CCC(Nc2nc3ccccc3[nH]2)CC1)c1ccccc1. The van der Waals surface area contributed by atoms with Crippen LogP contribution in [0.25, 0.3) is 11.0 Å². The van der Waals surface area contributed by atoms with E-state index >= 15 is 0 Å². The quantitative estimate of drug-likeness (QED) is 0.630. The minimum Gasteiger partial charge on any atom is -0.353 e. The maximum atomic E-state index is 12.6. The third kappa shape index (κ3) is 4.13. The lowest BCUT2D eigenvalue weighted by Crippen LogP contribution is -2.37. The molecule has 1 heterocycles. The maximum absolute atomic E-state index is 12.6. The Kier molecular flexibility index (Phi) is 5.10. The number of imidazole rings is 1. The molecule has 0 radical (unpaired) electrons. The normalized spacial score (nSPS) is 20.9. The van der Waals surface area contributed by atoms with E-state index in [1.165, 1.54) is 0 Å². The first-order valence-corrected chi connectivity index (χ1v) is 9.75. The van der Waals surface area contributed by atoms with Gasteiger partial charge in [-0.05, 0) is 50.3 Å². The largest absolute Gasteiger partial charge is 0.353 e. The molecule has 140 valence electrons. The summed E-state index contributed by atoms with van der Waals surface area (Å²) in [6, 6.07) is 18.6. The Bertz CT molecular complexity index is 864. The molecule has 27 heavy (non-hydrogen) atoms. The van der Waals surface area contributed by atoms with Crippen molar-refractivity contribution in [3.63, 3.8) is 0 Å². The van der Waals surface area contributed by atoms with Gasteiger partial charge < -0.3 is 15.6 Å². The van der Waals surface area contributed by atoms with Crippen LogP contribution < -0.4 is 10.6 Å². The molecule has 0 bridgehead atoms. The van der Waals surface area contributed by atoms with E-state index in [9.17, 15) is 4.79 Å². The Morgan fingerprint density at radius 3 is 2.48 bits per heavy atom. The summed E-state index contributed by atoms with van der Waals surface area (Å²) in [5.74, 6) is 1.10. The third-order valence-corrected chi connectivity index (χ3v) is 5.49. The first kappa shape index (κ1) is 17.6. The average molecular weight is 362 g/mol. The summed E-state index contributed by atoms with van der Waals surface area (Å²) in [6.45, 7) is 2.04. The Balaban J connectivity index is 1.28. The van der Waals surface area contributed by atoms with Crippen molar-refractivity contribution in [2.45, 2.75) is 44.7 Å². The van der Waals surface area contributed by atoms with E-state index in [0.717, 1.165) is 48.2 Å². The first-order valence-electron chi connectivity index (χ1n) is 9.75. The van der Waals surface area contributed by atoms with E-state index in [0.29, 0.717) is 6.04 Å². The van der Waals surface area contributed by atoms with Gasteiger partial charge in [-0.15, -0.1) is 0 Å². The molecule has 1 aliphatic carbocycles. The number of nitrogens with one attached hydrogen (secondary N) is 3. The lowest BCUT2D eigenvalue weighted by molar-refractivity contribution is -0.126. The molecule has 1 aliphatic rings. The van der Waals surface area contributed by atoms with Gasteiger partial charge in [0.15, 0.2) is 0 Å². The fraction of sp³-hybridized carbons (Fsp3) is 0.364. The zero-order valence-corrected chi connectivity index (χ0v) is 15.6. The molecular weight excluding hydrogens is 336 g/mol. The lowest BCUT2D eigenvalue weighted by Gasteiger charge is -2.29. The Labute approximate surface area is 159 Å². The highest BCUT2D eigenvalue weighted by molar-refractivity contribution is 5.79. The van der Waals surface area contributed by atoms with Crippen LogP contribution in [0, 0.1) is 5.92 Å². The molecule has 3 N–H and O–H groups in total. The molecule has 3 aromatic rings. The van der Waals surface area contributed by atoms with Crippen molar-refractivity contribution in [2.24, 2.45) is 5.92 Å². The van der Waals surface area contributed by atoms with Gasteiger partial charge in [0.2, 0.25) is 11.9 Å². The number of benzene rings is 2. The monoisotopic (exact) mass is 362 g/mol. The van der Waals surface area contributed by atoms with Crippen LogP contribution in [0.2, 0.25) is 0 Å². The lowest BCUT2D eigenvalue weighted by atomic mass is 9.85. The van der Waals surface area contributed by atoms with Crippen LogP contribution in [0.3, 0.4) is 0 Å². The zero-order chi connectivity index (χ0) is 18.6. The number of hydrogen-bond acceptors (Lipinski definition) is 3. The number of aromatic nitrogens is 2. The second-order valence-electron chi connectivity index (χ2n) is 7.44. The average Bonchev–Trinajstić information content (AvgIpc) is 3.11. The summed E-state index contributed by atoms with van der Waals surface area (Å²) in [5, 5.41) is 6.67. The molecule has 1 saturated carbocycles. The van der Waals surface area contributed by atoms with Gasteiger partial charge in [-0.2, -0.15) is 0 Å². The number of hydrogen-bond donors (Lipinski definition) is 3. The van der Waals surface area contributed by atoms with Crippen molar-refractivity contribution in [2.75, 3.05) is 5.32 Å². The van der Waals surface area contributed by atoms with Gasteiger partial charge in [0, 0.05) is 12.0 Å². The number of fused-ring (bicyclic) bond motifs is 1. The van der Waals surface area contributed by atoms with E-state index in [2.05, 4.69) is 32.7 Å². The van der Waals surface area contributed by atoms with Gasteiger partial charge in [0.05, 0.1) is 17.1 Å². The molecule has 0 spiro atoms. The van der Waals surface area contributed by atoms with Crippen LogP contribution in [0.4, 0.5) is 5.95 Å². The smallest absolute Gasteiger partial charge is 0.223 e. The molecule has 5 heteroatoms. The molecular formula is C22H26N4O. The Morgan fingerprint density at radius 2 is 1.74 bits per heavy atom. The van der Waals surface area contributed by atoms with Crippen molar-refractivity contribution in [1.82, 2.24) is 15.3 Å². The number of nitrogens with zero attached hydrogens (tertiary/aromatic N) is 1. The number of carbonyl (C=O) groups excluding carboxylic acids is 1. The summed E-state index contributed by atoms with van der Waals surface area (Å²) in [6.07, 6.45) is 3.78. The molecule has 1 unspecified atom stereocenters. The summed E-state index contributed by atoms with van der Waals surface area (Å²) in [7, 11) is 0. The van der Waals surface area contributed by atoms with Crippen LogP contribution in [0.5, 0.6) is 0 Å². The Hall–Kier alpha value is -2.82. The highest BCUT2D eigenvalue weighted by atomic mass is 16.1. The van der Waals surface area contributed by atoms with Gasteiger partial charge in [-0.1, -0.05) is 42.5 Å². The van der Waals surface area contributed by atoms with E-state index in [4.69, 9.17) is 0 Å². The van der Waals surface area contributed by atoms with E-state index < -0.39 is 0 Å².